The molecule has 224 valence electrons. The van der Waals surface area contributed by atoms with Crippen LogP contribution >= 0.6 is 0 Å². The van der Waals surface area contributed by atoms with Gasteiger partial charge in [-0.3, -0.25) is 9.36 Å². The van der Waals surface area contributed by atoms with Gasteiger partial charge in [-0.1, -0.05) is 12.6 Å². The number of nitrogens with one attached hydrogen (secondary N) is 1. The van der Waals surface area contributed by atoms with Gasteiger partial charge in [0.1, 0.15) is 23.3 Å². The first-order valence-corrected chi connectivity index (χ1v) is 15.1. The van der Waals surface area contributed by atoms with Gasteiger partial charge in [0.2, 0.25) is 5.91 Å². The third-order valence-electron chi connectivity index (χ3n) is 8.75. The molecule has 3 N–H and O–H groups in total. The predicted molar refractivity (Wildman–Crippen MR) is 169 cm³/mol. The molecule has 43 heavy (non-hydrogen) atoms. The zero-order chi connectivity index (χ0) is 29.9. The molecule has 3 aliphatic rings. The average molecular weight is 583 g/mol. The number of nitrogens with two attached hydrogens (primary N) is 1. The van der Waals surface area contributed by atoms with Gasteiger partial charge in [-0.15, -0.1) is 0 Å². The summed E-state index contributed by atoms with van der Waals surface area (Å²) in [5, 5.41) is 3.22. The number of alkyl halides is 1. The largest absolute Gasteiger partial charge is 0.383 e. The molecule has 0 radical (unpaired) electrons. The minimum atomic E-state index is -0.801. The van der Waals surface area contributed by atoms with E-state index in [-0.39, 0.29) is 5.91 Å². The van der Waals surface area contributed by atoms with Crippen LogP contribution in [0.5, 0.6) is 0 Å². The number of fused-ring (bicyclic) bond motifs is 2. The molecule has 7 rings (SSSR count). The number of hydrogen-bond donors (Lipinski definition) is 2. The fourth-order valence-electron chi connectivity index (χ4n) is 6.30. The number of aryl methyl sites for hydroxylation is 2. The molecule has 2 fully saturated rings. The van der Waals surface area contributed by atoms with Crippen LogP contribution in [-0.4, -0.2) is 75.8 Å². The second kappa shape index (κ2) is 12.5. The van der Waals surface area contributed by atoms with Gasteiger partial charge in [0.15, 0.2) is 11.5 Å². The molecule has 0 spiro atoms. The third kappa shape index (κ3) is 5.97. The van der Waals surface area contributed by atoms with E-state index in [1.165, 1.54) is 23.6 Å². The Hall–Kier alpha value is -4.31. The van der Waals surface area contributed by atoms with Gasteiger partial charge in [0, 0.05) is 37.6 Å². The molecule has 1 amide bonds. The van der Waals surface area contributed by atoms with Crippen LogP contribution in [0.3, 0.4) is 0 Å². The van der Waals surface area contributed by atoms with Crippen molar-refractivity contribution < 1.29 is 9.18 Å². The summed E-state index contributed by atoms with van der Waals surface area (Å²) >= 11 is 0. The highest BCUT2D eigenvalue weighted by Crippen LogP contribution is 2.33. The summed E-state index contributed by atoms with van der Waals surface area (Å²) in [5.41, 5.74) is 12.3. The Morgan fingerprint density at radius 3 is 2.60 bits per heavy atom. The van der Waals surface area contributed by atoms with E-state index in [4.69, 9.17) is 15.7 Å². The number of aromatic nitrogens is 4. The van der Waals surface area contributed by atoms with Crippen LogP contribution in [0.25, 0.3) is 28.2 Å². The van der Waals surface area contributed by atoms with Crippen LogP contribution in [0.2, 0.25) is 0 Å². The Morgan fingerprint density at radius 1 is 1.07 bits per heavy atom. The average Bonchev–Trinajstić information content (AvgIpc) is 3.79. The van der Waals surface area contributed by atoms with Crippen LogP contribution in [-0.2, 0) is 17.6 Å². The number of piperidine rings is 1. The second-order valence-corrected chi connectivity index (χ2v) is 11.5. The zero-order valence-electron chi connectivity index (χ0n) is 24.7. The molecule has 2 aliphatic heterocycles. The molecule has 1 aliphatic carbocycles. The summed E-state index contributed by atoms with van der Waals surface area (Å²) in [6.45, 7) is 6.24. The summed E-state index contributed by atoms with van der Waals surface area (Å²) in [4.78, 5) is 29.1. The molecule has 0 bridgehead atoms. The SMILES string of the molecule is C=CC(=O)N1CCC(NC)CC1.Nc1ncccc1-c1nc2ccc(N3CCC(F)C3)nc2n1-c1ccc2c(c1)CCC2. The summed E-state index contributed by atoms with van der Waals surface area (Å²) in [5.74, 6) is 1.98. The molecule has 10 heteroatoms. The van der Waals surface area contributed by atoms with Crippen molar-refractivity contribution in [2.75, 3.05) is 43.9 Å². The molecule has 4 aromatic rings. The fourth-order valence-corrected chi connectivity index (χ4v) is 6.30. The molecular weight excluding hydrogens is 543 g/mol. The van der Waals surface area contributed by atoms with E-state index in [2.05, 4.69) is 39.6 Å². The number of hydrogen-bond acceptors (Lipinski definition) is 7. The number of nitrogens with zero attached hydrogens (tertiary/aromatic N) is 6. The molecular formula is C33H39FN8O. The molecule has 5 heterocycles. The number of likely N-dealkylation sites (tertiary alicyclic amines) is 1. The maximum atomic E-state index is 13.8. The summed E-state index contributed by atoms with van der Waals surface area (Å²) < 4.78 is 15.9. The molecule has 1 unspecified atom stereocenters. The number of carbonyl (C=O) groups excluding carboxylic acids is 1. The van der Waals surface area contributed by atoms with Crippen LogP contribution in [0.1, 0.15) is 36.8 Å². The number of carbonyl (C=O) groups is 1. The highest BCUT2D eigenvalue weighted by molar-refractivity contribution is 5.87. The lowest BCUT2D eigenvalue weighted by Gasteiger charge is -2.30. The lowest BCUT2D eigenvalue weighted by Crippen LogP contribution is -2.43. The van der Waals surface area contributed by atoms with E-state index in [9.17, 15) is 9.18 Å². The highest BCUT2D eigenvalue weighted by Gasteiger charge is 2.25. The molecule has 2 saturated heterocycles. The number of amides is 1. The second-order valence-electron chi connectivity index (χ2n) is 11.5. The van der Waals surface area contributed by atoms with Crippen molar-refractivity contribution >= 4 is 28.7 Å². The van der Waals surface area contributed by atoms with Crippen LogP contribution in [0.4, 0.5) is 16.0 Å². The Bertz CT molecular complexity index is 1630. The molecule has 1 atom stereocenters. The van der Waals surface area contributed by atoms with Crippen molar-refractivity contribution in [3.05, 3.63) is 72.4 Å². The first-order chi connectivity index (χ1) is 20.9. The summed E-state index contributed by atoms with van der Waals surface area (Å²) in [6.07, 6.45) is 8.32. The first kappa shape index (κ1) is 28.8. The molecule has 3 aromatic heterocycles. The number of benzene rings is 1. The maximum absolute atomic E-state index is 13.8. The highest BCUT2D eigenvalue weighted by atomic mass is 19.1. The number of rotatable bonds is 5. The summed E-state index contributed by atoms with van der Waals surface area (Å²) in [7, 11) is 1.97. The number of nitrogen functional groups attached to an aromatic ring is 1. The van der Waals surface area contributed by atoms with E-state index in [1.807, 2.05) is 41.1 Å². The normalized spacial score (nSPS) is 18.4. The smallest absolute Gasteiger partial charge is 0.245 e. The van der Waals surface area contributed by atoms with E-state index < -0.39 is 6.17 Å². The van der Waals surface area contributed by atoms with Gasteiger partial charge in [-0.05, 0) is 99.2 Å². The van der Waals surface area contributed by atoms with Gasteiger partial charge in [-0.2, -0.15) is 0 Å². The van der Waals surface area contributed by atoms with Crippen LogP contribution in [0.15, 0.2) is 61.3 Å². The minimum Gasteiger partial charge on any atom is -0.383 e. The third-order valence-corrected chi connectivity index (χ3v) is 8.75. The number of imidazole rings is 1. The Balaban J connectivity index is 0.000000232. The lowest BCUT2D eigenvalue weighted by molar-refractivity contribution is -0.127. The van der Waals surface area contributed by atoms with Gasteiger partial charge in [0.25, 0.3) is 0 Å². The number of pyridine rings is 2. The maximum Gasteiger partial charge on any atom is 0.245 e. The fraction of sp³-hybridized carbons (Fsp3) is 0.394. The molecule has 1 aromatic carbocycles. The van der Waals surface area contributed by atoms with Crippen molar-refractivity contribution in [3.63, 3.8) is 0 Å². The Morgan fingerprint density at radius 2 is 1.88 bits per heavy atom. The lowest BCUT2D eigenvalue weighted by atomic mass is 10.1. The van der Waals surface area contributed by atoms with Gasteiger partial charge < -0.3 is 20.9 Å². The zero-order valence-corrected chi connectivity index (χ0v) is 24.7. The standard InChI is InChI=1S/C24H23FN6.C9H16N2O/c25-17-10-12-30(14-17)21-9-8-20-24(29-21)31(18-7-6-15-3-1-4-16(15)13-18)23(28-20)19-5-2-11-27-22(19)26;1-3-9(12)11-6-4-8(10-2)5-7-11/h2,5-9,11,13,17H,1,3-4,10,12,14H2,(H2,26,27);3,8,10H,1,4-7H2,2H3. The van der Waals surface area contributed by atoms with E-state index >= 15 is 0 Å². The quantitative estimate of drug-likeness (QED) is 0.334. The van der Waals surface area contributed by atoms with Gasteiger partial charge in [0.05, 0.1) is 12.1 Å². The Labute approximate surface area is 251 Å². The first-order valence-electron chi connectivity index (χ1n) is 15.1. The van der Waals surface area contributed by atoms with Crippen LogP contribution in [0, 0.1) is 0 Å². The topological polar surface area (TPSA) is 105 Å². The van der Waals surface area contributed by atoms with E-state index in [0.29, 0.717) is 37.2 Å². The molecule has 0 saturated carbocycles. The van der Waals surface area contributed by atoms with E-state index in [1.54, 1.807) is 6.20 Å². The van der Waals surface area contributed by atoms with Crippen molar-refractivity contribution in [2.45, 2.75) is 50.7 Å². The Kier molecular flexibility index (Phi) is 8.38. The summed E-state index contributed by atoms with van der Waals surface area (Å²) in [6, 6.07) is 14.8. The van der Waals surface area contributed by atoms with Crippen molar-refractivity contribution in [1.29, 1.82) is 0 Å². The minimum absolute atomic E-state index is 0.0598. The monoisotopic (exact) mass is 582 g/mol. The number of anilines is 2. The molecule has 9 nitrogen and oxygen atoms in total. The van der Waals surface area contributed by atoms with Gasteiger partial charge in [-0.25, -0.2) is 19.3 Å². The van der Waals surface area contributed by atoms with Crippen LogP contribution < -0.4 is 16.0 Å². The van der Waals surface area contributed by atoms with Crippen molar-refractivity contribution in [2.24, 2.45) is 0 Å². The predicted octanol–water partition coefficient (Wildman–Crippen LogP) is 4.48. The van der Waals surface area contributed by atoms with Gasteiger partial charge >= 0.3 is 0 Å². The van der Waals surface area contributed by atoms with Crippen molar-refractivity contribution in [1.82, 2.24) is 29.7 Å². The van der Waals surface area contributed by atoms with Crippen molar-refractivity contribution in [3.8, 4) is 17.1 Å². The number of halogens is 1. The van der Waals surface area contributed by atoms with E-state index in [0.717, 1.165) is 67.0 Å².